The summed E-state index contributed by atoms with van der Waals surface area (Å²) in [4.78, 5) is 10.9. The summed E-state index contributed by atoms with van der Waals surface area (Å²) in [5.74, 6) is -0.420. The van der Waals surface area contributed by atoms with E-state index in [4.69, 9.17) is 4.74 Å². The molecule has 0 saturated carbocycles. The van der Waals surface area contributed by atoms with Gasteiger partial charge in [0.2, 0.25) is 6.73 Å². The summed E-state index contributed by atoms with van der Waals surface area (Å²) < 4.78 is 5.45. The predicted molar refractivity (Wildman–Crippen MR) is 68.3 cm³/mol. The number of rotatable bonds is 9. The maximum Gasteiger partial charge on any atom is 0.334 e. The van der Waals surface area contributed by atoms with Gasteiger partial charge in [-0.25, -0.2) is 4.79 Å². The molecule has 0 aromatic heterocycles. The fraction of sp³-hybridized carbons (Fsp3) is 0.769. The van der Waals surface area contributed by atoms with Gasteiger partial charge in [0.15, 0.2) is 0 Å². The normalized spacial score (nSPS) is 12.4. The number of unbranched alkanes of at least 4 members (excludes halogenated alkanes) is 2. The van der Waals surface area contributed by atoms with E-state index in [2.05, 4.69) is 13.5 Å². The van der Waals surface area contributed by atoms with Crippen molar-refractivity contribution in [1.82, 2.24) is 0 Å². The lowest BCUT2D eigenvalue weighted by Crippen LogP contribution is -3.00. The number of quaternary nitrogens is 1. The number of esters is 1. The Morgan fingerprint density at radius 2 is 2.06 bits per heavy atom. The van der Waals surface area contributed by atoms with E-state index in [1.54, 1.807) is 0 Å². The maximum atomic E-state index is 10.9. The lowest BCUT2D eigenvalue weighted by Gasteiger charge is -2.30. The Kier molecular flexibility index (Phi) is 11.7. The van der Waals surface area contributed by atoms with E-state index in [1.807, 2.05) is 14.1 Å². The fourth-order valence-corrected chi connectivity index (χ4v) is 1.64. The van der Waals surface area contributed by atoms with Gasteiger partial charge in [0, 0.05) is 6.08 Å². The summed E-state index contributed by atoms with van der Waals surface area (Å²) in [6.45, 7) is 6.33. The third-order valence-corrected chi connectivity index (χ3v) is 2.57. The summed E-state index contributed by atoms with van der Waals surface area (Å²) in [6, 6.07) is 0. The lowest BCUT2D eigenvalue weighted by molar-refractivity contribution is -0.910. The zero-order valence-electron chi connectivity index (χ0n) is 11.7. The number of nitrogens with zero attached hydrogens (tertiary/aromatic N) is 1. The first-order valence-corrected chi connectivity index (χ1v) is 6.20. The molecule has 1 atom stereocenters. The van der Waals surface area contributed by atoms with E-state index in [9.17, 15) is 9.90 Å². The molecule has 0 saturated heterocycles. The average molecular weight is 324 g/mol. The maximum absolute atomic E-state index is 10.9. The minimum Gasteiger partial charge on any atom is -1.00 e. The van der Waals surface area contributed by atoms with Crippen molar-refractivity contribution in [2.75, 3.05) is 27.4 Å². The third-order valence-electron chi connectivity index (χ3n) is 2.57. The number of likely N-dealkylation sites (N-methyl/N-ethyl adjacent to an activating group) is 1. The summed E-state index contributed by atoms with van der Waals surface area (Å²) >= 11 is 0. The Hall–Kier alpha value is -0.390. The molecular weight excluding hydrogens is 298 g/mol. The minimum atomic E-state index is -0.420. The van der Waals surface area contributed by atoms with E-state index < -0.39 is 5.97 Å². The molecule has 0 heterocycles. The van der Waals surface area contributed by atoms with Crippen LogP contribution in [0.25, 0.3) is 0 Å². The molecule has 0 aromatic rings. The van der Waals surface area contributed by atoms with E-state index in [0.717, 1.165) is 31.8 Å². The summed E-state index contributed by atoms with van der Waals surface area (Å²) in [7, 11) is 3.86. The molecular formula is C13H26BrNO3. The van der Waals surface area contributed by atoms with Crippen molar-refractivity contribution in [2.45, 2.75) is 38.7 Å². The molecule has 0 rings (SSSR count). The van der Waals surface area contributed by atoms with Crippen LogP contribution in [0.15, 0.2) is 12.7 Å². The van der Waals surface area contributed by atoms with Crippen molar-refractivity contribution >= 4 is 5.97 Å². The highest BCUT2D eigenvalue weighted by Gasteiger charge is 2.21. The van der Waals surface area contributed by atoms with Crippen molar-refractivity contribution in [3.63, 3.8) is 0 Å². The minimum absolute atomic E-state index is 0. The molecule has 108 valence electrons. The predicted octanol–water partition coefficient (Wildman–Crippen LogP) is -1.31. The van der Waals surface area contributed by atoms with Crippen LogP contribution in [-0.2, 0) is 9.53 Å². The van der Waals surface area contributed by atoms with Crippen LogP contribution < -0.4 is 17.0 Å². The average Bonchev–Trinajstić information content (AvgIpc) is 2.25. The molecule has 1 unspecified atom stereocenters. The van der Waals surface area contributed by atoms with Crippen LogP contribution in [0.4, 0.5) is 0 Å². The van der Waals surface area contributed by atoms with E-state index in [0.29, 0.717) is 11.0 Å². The number of hydrogen-bond acceptors (Lipinski definition) is 3. The molecule has 4 nitrogen and oxygen atoms in total. The topological polar surface area (TPSA) is 46.5 Å². The second-order valence-electron chi connectivity index (χ2n) is 5.06. The lowest BCUT2D eigenvalue weighted by atomic mass is 10.1. The second kappa shape index (κ2) is 10.5. The van der Waals surface area contributed by atoms with Crippen LogP contribution in [0.3, 0.4) is 0 Å². The monoisotopic (exact) mass is 323 g/mol. The largest absolute Gasteiger partial charge is 1.00 e. The quantitative estimate of drug-likeness (QED) is 0.188. The number of carbonyl (C=O) groups excluding carboxylic acids is 1. The molecule has 0 aromatic carbocycles. The number of carbonyl (C=O) groups is 1. The van der Waals surface area contributed by atoms with Crippen molar-refractivity contribution < 1.29 is 36.1 Å². The van der Waals surface area contributed by atoms with Gasteiger partial charge in [-0.2, -0.15) is 0 Å². The molecule has 0 aliphatic heterocycles. The number of aliphatic hydroxyl groups excluding tert-OH is 1. The van der Waals surface area contributed by atoms with Crippen LogP contribution in [0, 0.1) is 0 Å². The zero-order chi connectivity index (χ0) is 13.3. The van der Waals surface area contributed by atoms with E-state index >= 15 is 0 Å². The first-order chi connectivity index (χ1) is 7.91. The summed E-state index contributed by atoms with van der Waals surface area (Å²) in [6.07, 6.45) is 4.98. The first kappa shape index (κ1) is 19.9. The first-order valence-electron chi connectivity index (χ1n) is 6.20. The van der Waals surface area contributed by atoms with E-state index in [1.165, 1.54) is 0 Å². The Bertz CT molecular complexity index is 244. The molecule has 1 N–H and O–H groups in total. The van der Waals surface area contributed by atoms with Gasteiger partial charge in [0.1, 0.15) is 12.6 Å². The van der Waals surface area contributed by atoms with Crippen molar-refractivity contribution in [2.24, 2.45) is 0 Å². The van der Waals surface area contributed by atoms with Gasteiger partial charge in [0.05, 0.1) is 14.1 Å². The number of halogens is 1. The van der Waals surface area contributed by atoms with Gasteiger partial charge < -0.3 is 26.8 Å². The highest BCUT2D eigenvalue weighted by molar-refractivity contribution is 5.81. The Balaban J connectivity index is 0. The van der Waals surface area contributed by atoms with Gasteiger partial charge in [-0.1, -0.05) is 32.8 Å². The Morgan fingerprint density at radius 3 is 2.56 bits per heavy atom. The molecule has 0 radical (unpaired) electrons. The van der Waals surface area contributed by atoms with Crippen molar-refractivity contribution in [1.29, 1.82) is 0 Å². The SMILES string of the molecule is C=CC(=O)OC[N+](C)(C)CC(O)CCCCC.[Br-]. The molecule has 0 amide bonds. The zero-order valence-corrected chi connectivity index (χ0v) is 13.3. The molecule has 0 fully saturated rings. The number of ether oxygens (including phenoxy) is 1. The molecule has 0 aliphatic carbocycles. The van der Waals surface area contributed by atoms with E-state index in [-0.39, 0.29) is 29.8 Å². The molecule has 5 heteroatoms. The standard InChI is InChI=1S/C13H26NO3.BrH/c1-5-7-8-9-12(15)10-14(3,4)11-17-13(16)6-2;/h6,12,15H,2,5,7-11H2,1,3-4H3;1H/q+1;/p-1. The van der Waals surface area contributed by atoms with Crippen LogP contribution >= 0.6 is 0 Å². The Labute approximate surface area is 121 Å². The van der Waals surface area contributed by atoms with Gasteiger partial charge in [-0.15, -0.1) is 0 Å². The Morgan fingerprint density at radius 1 is 1.44 bits per heavy atom. The van der Waals surface area contributed by atoms with Crippen LogP contribution in [0.2, 0.25) is 0 Å². The third kappa shape index (κ3) is 10.7. The molecule has 0 spiro atoms. The molecule has 18 heavy (non-hydrogen) atoms. The molecule has 0 aliphatic rings. The highest BCUT2D eigenvalue weighted by Crippen LogP contribution is 2.08. The smallest absolute Gasteiger partial charge is 0.334 e. The van der Waals surface area contributed by atoms with Crippen molar-refractivity contribution in [3.8, 4) is 0 Å². The van der Waals surface area contributed by atoms with Gasteiger partial charge in [0.25, 0.3) is 0 Å². The fourth-order valence-electron chi connectivity index (χ4n) is 1.64. The van der Waals surface area contributed by atoms with Gasteiger partial charge >= 0.3 is 5.97 Å². The van der Waals surface area contributed by atoms with Crippen LogP contribution in [0.5, 0.6) is 0 Å². The van der Waals surface area contributed by atoms with Crippen LogP contribution in [0.1, 0.15) is 32.6 Å². The second-order valence-corrected chi connectivity index (χ2v) is 5.06. The van der Waals surface area contributed by atoms with Gasteiger partial charge in [-0.3, -0.25) is 4.48 Å². The van der Waals surface area contributed by atoms with Gasteiger partial charge in [-0.05, 0) is 6.42 Å². The number of hydrogen-bond donors (Lipinski definition) is 1. The summed E-state index contributed by atoms with van der Waals surface area (Å²) in [5, 5.41) is 9.86. The highest BCUT2D eigenvalue weighted by atomic mass is 79.9. The number of aliphatic hydroxyl groups is 1. The molecule has 0 bridgehead atoms. The van der Waals surface area contributed by atoms with Crippen molar-refractivity contribution in [3.05, 3.63) is 12.7 Å². The summed E-state index contributed by atoms with van der Waals surface area (Å²) in [5.41, 5.74) is 0. The van der Waals surface area contributed by atoms with Crippen LogP contribution in [-0.4, -0.2) is 49.0 Å².